The molecule has 2 unspecified atom stereocenters. The lowest BCUT2D eigenvalue weighted by Crippen LogP contribution is -2.48. The van der Waals surface area contributed by atoms with Crippen molar-refractivity contribution in [3.8, 4) is 12.3 Å². The minimum atomic E-state index is -0.166. The molecule has 3 nitrogen and oxygen atoms in total. The normalized spacial score (nSPS) is 20.3. The standard InChI is InChI=1S/C14H24N2O/c1-4-10-15-14(17)12(3)16-11(2)13-8-6-5-7-9-13/h1,11-13,16H,5-10H2,2-3H3,(H,15,17). The molecule has 1 aliphatic rings. The van der Waals surface area contributed by atoms with Gasteiger partial charge in [0.1, 0.15) is 0 Å². The topological polar surface area (TPSA) is 41.1 Å². The van der Waals surface area contributed by atoms with Crippen molar-refractivity contribution in [2.24, 2.45) is 5.92 Å². The van der Waals surface area contributed by atoms with Crippen molar-refractivity contribution >= 4 is 5.91 Å². The quantitative estimate of drug-likeness (QED) is 0.713. The zero-order chi connectivity index (χ0) is 12.7. The van der Waals surface area contributed by atoms with E-state index in [1.807, 2.05) is 6.92 Å². The molecule has 3 heteroatoms. The molecule has 0 spiro atoms. The average Bonchev–Trinajstić information content (AvgIpc) is 2.36. The van der Waals surface area contributed by atoms with Crippen LogP contribution in [0, 0.1) is 18.3 Å². The summed E-state index contributed by atoms with van der Waals surface area (Å²) >= 11 is 0. The smallest absolute Gasteiger partial charge is 0.237 e. The number of amides is 1. The van der Waals surface area contributed by atoms with Gasteiger partial charge in [0.2, 0.25) is 5.91 Å². The third-order valence-corrected chi connectivity index (χ3v) is 3.63. The first-order valence-electron chi connectivity index (χ1n) is 6.62. The lowest BCUT2D eigenvalue weighted by atomic mass is 9.84. The van der Waals surface area contributed by atoms with E-state index in [2.05, 4.69) is 23.5 Å². The van der Waals surface area contributed by atoms with Crippen molar-refractivity contribution in [1.82, 2.24) is 10.6 Å². The van der Waals surface area contributed by atoms with Gasteiger partial charge in [0.05, 0.1) is 12.6 Å². The van der Waals surface area contributed by atoms with Crippen molar-refractivity contribution in [2.45, 2.75) is 58.0 Å². The molecule has 1 aliphatic carbocycles. The molecule has 96 valence electrons. The second kappa shape index (κ2) is 7.34. The highest BCUT2D eigenvalue weighted by atomic mass is 16.2. The Balaban J connectivity index is 2.31. The van der Waals surface area contributed by atoms with Gasteiger partial charge in [-0.3, -0.25) is 4.79 Å². The molecule has 1 saturated carbocycles. The first-order valence-corrected chi connectivity index (χ1v) is 6.62. The van der Waals surface area contributed by atoms with Crippen molar-refractivity contribution in [3.05, 3.63) is 0 Å². The van der Waals surface area contributed by atoms with Crippen LogP contribution in [0.1, 0.15) is 46.0 Å². The molecule has 0 saturated heterocycles. The molecule has 0 aromatic rings. The largest absolute Gasteiger partial charge is 0.344 e. The van der Waals surface area contributed by atoms with Gasteiger partial charge in [-0.25, -0.2) is 0 Å². The molecule has 17 heavy (non-hydrogen) atoms. The Bertz CT molecular complexity index is 276. The second-order valence-electron chi connectivity index (χ2n) is 5.00. The van der Waals surface area contributed by atoms with Crippen LogP contribution in [0.3, 0.4) is 0 Å². The average molecular weight is 236 g/mol. The molecule has 0 aromatic carbocycles. The molecule has 0 aromatic heterocycles. The van der Waals surface area contributed by atoms with E-state index in [9.17, 15) is 4.79 Å². The summed E-state index contributed by atoms with van der Waals surface area (Å²) in [6.45, 7) is 4.38. The van der Waals surface area contributed by atoms with Gasteiger partial charge in [-0.2, -0.15) is 0 Å². The lowest BCUT2D eigenvalue weighted by molar-refractivity contribution is -0.122. The molecule has 1 amide bonds. The highest BCUT2D eigenvalue weighted by Gasteiger charge is 2.23. The van der Waals surface area contributed by atoms with Crippen LogP contribution in [0.25, 0.3) is 0 Å². The fourth-order valence-corrected chi connectivity index (χ4v) is 2.53. The Morgan fingerprint density at radius 1 is 1.35 bits per heavy atom. The Hall–Kier alpha value is -1.01. The summed E-state index contributed by atoms with van der Waals surface area (Å²) in [5, 5.41) is 6.08. The van der Waals surface area contributed by atoms with Crippen molar-refractivity contribution in [3.63, 3.8) is 0 Å². The van der Waals surface area contributed by atoms with Crippen molar-refractivity contribution in [2.75, 3.05) is 6.54 Å². The number of carbonyl (C=O) groups is 1. The van der Waals surface area contributed by atoms with Gasteiger partial charge in [0.25, 0.3) is 0 Å². The molecular weight excluding hydrogens is 212 g/mol. The van der Waals surface area contributed by atoms with Crippen LogP contribution in [0.15, 0.2) is 0 Å². The fourth-order valence-electron chi connectivity index (χ4n) is 2.53. The van der Waals surface area contributed by atoms with Gasteiger partial charge in [-0.05, 0) is 32.6 Å². The predicted molar refractivity (Wildman–Crippen MR) is 70.5 cm³/mol. The van der Waals surface area contributed by atoms with Crippen molar-refractivity contribution in [1.29, 1.82) is 0 Å². The van der Waals surface area contributed by atoms with E-state index in [-0.39, 0.29) is 11.9 Å². The summed E-state index contributed by atoms with van der Waals surface area (Å²) in [7, 11) is 0. The molecule has 1 rings (SSSR count). The predicted octanol–water partition coefficient (Wildman–Crippen LogP) is 1.68. The summed E-state index contributed by atoms with van der Waals surface area (Å²) in [6.07, 6.45) is 11.7. The maximum atomic E-state index is 11.7. The summed E-state index contributed by atoms with van der Waals surface area (Å²) in [5.74, 6) is 3.12. The van der Waals surface area contributed by atoms with Crippen molar-refractivity contribution < 1.29 is 4.79 Å². The van der Waals surface area contributed by atoms with E-state index in [0.717, 1.165) is 0 Å². The van der Waals surface area contributed by atoms with Crippen LogP contribution >= 0.6 is 0 Å². The highest BCUT2D eigenvalue weighted by molar-refractivity contribution is 5.81. The van der Waals surface area contributed by atoms with Gasteiger partial charge in [0.15, 0.2) is 0 Å². The molecule has 0 radical (unpaired) electrons. The maximum absolute atomic E-state index is 11.7. The van der Waals surface area contributed by atoms with Crippen LogP contribution in [-0.4, -0.2) is 24.5 Å². The van der Waals surface area contributed by atoms with E-state index < -0.39 is 0 Å². The maximum Gasteiger partial charge on any atom is 0.237 e. The lowest BCUT2D eigenvalue weighted by Gasteiger charge is -2.30. The van der Waals surface area contributed by atoms with Crippen LogP contribution in [0.2, 0.25) is 0 Å². The highest BCUT2D eigenvalue weighted by Crippen LogP contribution is 2.26. The SMILES string of the molecule is C#CCNC(=O)C(C)NC(C)C1CCCCC1. The Kier molecular flexibility index (Phi) is 6.07. The number of hydrogen-bond donors (Lipinski definition) is 2. The number of rotatable bonds is 5. The van der Waals surface area contributed by atoms with Gasteiger partial charge in [0, 0.05) is 6.04 Å². The Labute approximate surface area is 105 Å². The van der Waals surface area contributed by atoms with Gasteiger partial charge in [-0.15, -0.1) is 6.42 Å². The molecular formula is C14H24N2O. The molecule has 1 fully saturated rings. The first kappa shape index (κ1) is 14.1. The summed E-state index contributed by atoms with van der Waals surface area (Å²) in [4.78, 5) is 11.7. The minimum Gasteiger partial charge on any atom is -0.344 e. The number of hydrogen-bond acceptors (Lipinski definition) is 2. The molecule has 0 aliphatic heterocycles. The zero-order valence-corrected chi connectivity index (χ0v) is 11.0. The van der Waals surface area contributed by atoms with Gasteiger partial charge in [-0.1, -0.05) is 25.2 Å². The first-order chi connectivity index (χ1) is 8.15. The number of nitrogens with one attached hydrogen (secondary N) is 2. The second-order valence-corrected chi connectivity index (χ2v) is 5.00. The molecule has 0 heterocycles. The van der Waals surface area contributed by atoms with Crippen LogP contribution < -0.4 is 10.6 Å². The van der Waals surface area contributed by atoms with E-state index in [0.29, 0.717) is 18.5 Å². The number of carbonyl (C=O) groups excluding carboxylic acids is 1. The third-order valence-electron chi connectivity index (χ3n) is 3.63. The minimum absolute atomic E-state index is 0.00869. The summed E-state index contributed by atoms with van der Waals surface area (Å²) < 4.78 is 0. The van der Waals surface area contributed by atoms with Crippen LogP contribution in [0.5, 0.6) is 0 Å². The summed E-state index contributed by atoms with van der Waals surface area (Å²) in [6, 6.07) is 0.238. The van der Waals surface area contributed by atoms with E-state index in [1.54, 1.807) is 0 Å². The van der Waals surface area contributed by atoms with E-state index in [1.165, 1.54) is 32.1 Å². The Morgan fingerprint density at radius 3 is 2.59 bits per heavy atom. The Morgan fingerprint density at radius 2 is 2.00 bits per heavy atom. The van der Waals surface area contributed by atoms with E-state index >= 15 is 0 Å². The van der Waals surface area contributed by atoms with Gasteiger partial charge >= 0.3 is 0 Å². The van der Waals surface area contributed by atoms with E-state index in [4.69, 9.17) is 6.42 Å². The zero-order valence-electron chi connectivity index (χ0n) is 11.0. The molecule has 2 atom stereocenters. The van der Waals surface area contributed by atoms with Crippen LogP contribution in [0.4, 0.5) is 0 Å². The van der Waals surface area contributed by atoms with Crippen LogP contribution in [-0.2, 0) is 4.79 Å². The fraction of sp³-hybridized carbons (Fsp3) is 0.786. The summed E-state index contributed by atoms with van der Waals surface area (Å²) in [5.41, 5.74) is 0. The third kappa shape index (κ3) is 4.79. The monoisotopic (exact) mass is 236 g/mol. The molecule has 2 N–H and O–H groups in total. The number of terminal acetylenes is 1. The molecule has 0 bridgehead atoms. The van der Waals surface area contributed by atoms with Gasteiger partial charge < -0.3 is 10.6 Å².